The van der Waals surface area contributed by atoms with E-state index in [0.717, 1.165) is 37.3 Å². The van der Waals surface area contributed by atoms with Crippen molar-refractivity contribution in [1.82, 2.24) is 0 Å². The maximum atomic E-state index is 12.0. The molecule has 1 fully saturated rings. The third kappa shape index (κ3) is 4.42. The zero-order valence-corrected chi connectivity index (χ0v) is 13.6. The zero-order chi connectivity index (χ0) is 16.2. The number of benzene rings is 1. The molecule has 0 radical (unpaired) electrons. The number of nitrogens with zero attached hydrogens (tertiary/aromatic N) is 1. The summed E-state index contributed by atoms with van der Waals surface area (Å²) < 4.78 is 5.32. The number of terminal acetylenes is 1. The highest BCUT2D eigenvalue weighted by Gasteiger charge is 2.21. The fourth-order valence-electron chi connectivity index (χ4n) is 2.56. The molecule has 1 aromatic rings. The highest BCUT2D eigenvalue weighted by atomic mass is 16.6. The number of hydrogen-bond donors (Lipinski definition) is 1. The average Bonchev–Trinajstić information content (AvgIpc) is 2.46. The second kappa shape index (κ2) is 6.74. The molecule has 1 aliphatic rings. The Kier molecular flexibility index (Phi) is 4.97. The molecule has 22 heavy (non-hydrogen) atoms. The average molecular weight is 300 g/mol. The van der Waals surface area contributed by atoms with Gasteiger partial charge in [0.05, 0.1) is 11.4 Å². The van der Waals surface area contributed by atoms with Crippen LogP contribution < -0.4 is 10.2 Å². The lowest BCUT2D eigenvalue weighted by Crippen LogP contribution is -2.34. The molecule has 4 heteroatoms. The fourth-order valence-corrected chi connectivity index (χ4v) is 2.56. The van der Waals surface area contributed by atoms with Crippen molar-refractivity contribution < 1.29 is 9.53 Å². The van der Waals surface area contributed by atoms with Crippen LogP contribution in [0.4, 0.5) is 16.2 Å². The highest BCUT2D eigenvalue weighted by Crippen LogP contribution is 2.30. The summed E-state index contributed by atoms with van der Waals surface area (Å²) in [5.74, 6) is 3.20. The Morgan fingerprint density at radius 2 is 1.95 bits per heavy atom. The number of nitrogens with one attached hydrogen (secondary N) is 1. The first kappa shape index (κ1) is 16.2. The summed E-state index contributed by atoms with van der Waals surface area (Å²) in [6, 6.07) is 7.79. The van der Waals surface area contributed by atoms with E-state index < -0.39 is 11.7 Å². The van der Waals surface area contributed by atoms with Crippen molar-refractivity contribution in [2.75, 3.05) is 23.3 Å². The molecule has 1 aliphatic heterocycles. The van der Waals surface area contributed by atoms with E-state index in [9.17, 15) is 4.79 Å². The van der Waals surface area contributed by atoms with Crippen molar-refractivity contribution in [2.24, 2.45) is 5.92 Å². The van der Waals surface area contributed by atoms with Crippen LogP contribution in [0.25, 0.3) is 0 Å². The lowest BCUT2D eigenvalue weighted by atomic mass is 9.97. The van der Waals surface area contributed by atoms with Gasteiger partial charge in [-0.3, -0.25) is 5.32 Å². The standard InChI is InChI=1S/C18H24N2O2/c1-5-14-10-12-20(13-11-14)16-9-7-6-8-15(16)19-17(21)22-18(2,3)4/h1,6-9,14H,10-13H2,2-4H3,(H,19,21). The van der Waals surface area contributed by atoms with E-state index in [-0.39, 0.29) is 0 Å². The smallest absolute Gasteiger partial charge is 0.412 e. The highest BCUT2D eigenvalue weighted by molar-refractivity contribution is 5.89. The molecule has 0 bridgehead atoms. The van der Waals surface area contributed by atoms with E-state index in [1.807, 2.05) is 45.0 Å². The first-order valence-electron chi connectivity index (χ1n) is 7.69. The van der Waals surface area contributed by atoms with Gasteiger partial charge in [0.2, 0.25) is 0 Å². The lowest BCUT2D eigenvalue weighted by Gasteiger charge is -2.33. The van der Waals surface area contributed by atoms with Crippen LogP contribution in [0.15, 0.2) is 24.3 Å². The minimum absolute atomic E-state index is 0.363. The fraction of sp³-hybridized carbons (Fsp3) is 0.500. The quantitative estimate of drug-likeness (QED) is 0.843. The van der Waals surface area contributed by atoms with E-state index >= 15 is 0 Å². The number of carbonyl (C=O) groups is 1. The molecule has 2 rings (SSSR count). The Hall–Kier alpha value is -2.15. The van der Waals surface area contributed by atoms with Gasteiger partial charge < -0.3 is 9.64 Å². The molecule has 1 amide bonds. The third-order valence-electron chi connectivity index (χ3n) is 3.61. The van der Waals surface area contributed by atoms with Gasteiger partial charge in [-0.05, 0) is 45.7 Å². The van der Waals surface area contributed by atoms with Crippen LogP contribution in [-0.4, -0.2) is 24.8 Å². The summed E-state index contributed by atoms with van der Waals surface area (Å²) in [4.78, 5) is 14.2. The molecule has 0 saturated carbocycles. The Morgan fingerprint density at radius 1 is 1.32 bits per heavy atom. The Balaban J connectivity index is 2.08. The normalized spacial score (nSPS) is 16.0. The Bertz CT molecular complexity index is 561. The predicted octanol–water partition coefficient (Wildman–Crippen LogP) is 3.88. The van der Waals surface area contributed by atoms with Crippen molar-refractivity contribution >= 4 is 17.5 Å². The number of piperidine rings is 1. The summed E-state index contributed by atoms with van der Waals surface area (Å²) in [5, 5.41) is 2.85. The van der Waals surface area contributed by atoms with Gasteiger partial charge in [-0.25, -0.2) is 4.79 Å². The molecule has 0 aliphatic carbocycles. The Morgan fingerprint density at radius 3 is 2.55 bits per heavy atom. The number of hydrogen-bond acceptors (Lipinski definition) is 3. The van der Waals surface area contributed by atoms with E-state index in [2.05, 4.69) is 16.1 Å². The van der Waals surface area contributed by atoms with E-state index in [1.165, 1.54) is 0 Å². The monoisotopic (exact) mass is 300 g/mol. The van der Waals surface area contributed by atoms with Crippen molar-refractivity contribution in [3.05, 3.63) is 24.3 Å². The van der Waals surface area contributed by atoms with Crippen LogP contribution in [0.2, 0.25) is 0 Å². The van der Waals surface area contributed by atoms with Crippen molar-refractivity contribution in [3.63, 3.8) is 0 Å². The summed E-state index contributed by atoms with van der Waals surface area (Å²) in [7, 11) is 0. The van der Waals surface area contributed by atoms with Gasteiger partial charge in [0.25, 0.3) is 0 Å². The van der Waals surface area contributed by atoms with Crippen LogP contribution in [0.3, 0.4) is 0 Å². The molecule has 0 atom stereocenters. The maximum Gasteiger partial charge on any atom is 0.412 e. The Labute approximate surface area is 132 Å². The van der Waals surface area contributed by atoms with Gasteiger partial charge >= 0.3 is 6.09 Å². The van der Waals surface area contributed by atoms with Crippen LogP contribution in [-0.2, 0) is 4.74 Å². The number of para-hydroxylation sites is 2. The van der Waals surface area contributed by atoms with E-state index in [1.54, 1.807) is 0 Å². The van der Waals surface area contributed by atoms with E-state index in [0.29, 0.717) is 5.92 Å². The van der Waals surface area contributed by atoms with Crippen molar-refractivity contribution in [1.29, 1.82) is 0 Å². The van der Waals surface area contributed by atoms with Crippen LogP contribution >= 0.6 is 0 Å². The number of rotatable bonds is 2. The van der Waals surface area contributed by atoms with Gasteiger partial charge in [0, 0.05) is 19.0 Å². The number of anilines is 2. The van der Waals surface area contributed by atoms with Gasteiger partial charge in [-0.2, -0.15) is 0 Å². The predicted molar refractivity (Wildman–Crippen MR) is 90.1 cm³/mol. The first-order valence-corrected chi connectivity index (χ1v) is 7.69. The molecule has 0 aromatic heterocycles. The molecular formula is C18H24N2O2. The second-order valence-electron chi connectivity index (χ2n) is 6.57. The number of amides is 1. The zero-order valence-electron chi connectivity index (χ0n) is 13.6. The molecule has 0 spiro atoms. The van der Waals surface area contributed by atoms with Gasteiger partial charge in [0.15, 0.2) is 0 Å². The SMILES string of the molecule is C#CC1CCN(c2ccccc2NC(=O)OC(C)(C)C)CC1. The second-order valence-corrected chi connectivity index (χ2v) is 6.57. The molecular weight excluding hydrogens is 276 g/mol. The largest absolute Gasteiger partial charge is 0.444 e. The van der Waals surface area contributed by atoms with Gasteiger partial charge in [-0.1, -0.05) is 12.1 Å². The van der Waals surface area contributed by atoms with Crippen LogP contribution in [0.1, 0.15) is 33.6 Å². The lowest BCUT2D eigenvalue weighted by molar-refractivity contribution is 0.0636. The maximum absolute atomic E-state index is 12.0. The van der Waals surface area contributed by atoms with Crippen LogP contribution in [0.5, 0.6) is 0 Å². The summed E-state index contributed by atoms with van der Waals surface area (Å²) >= 11 is 0. The first-order chi connectivity index (χ1) is 10.4. The molecule has 1 N–H and O–H groups in total. The summed E-state index contributed by atoms with van der Waals surface area (Å²) in [6.07, 6.45) is 7.03. The summed E-state index contributed by atoms with van der Waals surface area (Å²) in [6.45, 7) is 7.36. The minimum atomic E-state index is -0.510. The molecule has 1 saturated heterocycles. The number of ether oxygens (including phenoxy) is 1. The van der Waals surface area contributed by atoms with E-state index in [4.69, 9.17) is 11.2 Å². The molecule has 0 unspecified atom stereocenters. The number of carbonyl (C=O) groups excluding carboxylic acids is 1. The summed E-state index contributed by atoms with van der Waals surface area (Å²) in [5.41, 5.74) is 1.28. The minimum Gasteiger partial charge on any atom is -0.444 e. The van der Waals surface area contributed by atoms with Gasteiger partial charge in [-0.15, -0.1) is 12.3 Å². The van der Waals surface area contributed by atoms with Crippen molar-refractivity contribution in [3.8, 4) is 12.3 Å². The topological polar surface area (TPSA) is 41.6 Å². The molecule has 4 nitrogen and oxygen atoms in total. The van der Waals surface area contributed by atoms with Crippen LogP contribution in [0, 0.1) is 18.3 Å². The molecule has 1 aromatic carbocycles. The van der Waals surface area contributed by atoms with Crippen molar-refractivity contribution in [2.45, 2.75) is 39.2 Å². The van der Waals surface area contributed by atoms with Gasteiger partial charge in [0.1, 0.15) is 5.60 Å². The third-order valence-corrected chi connectivity index (χ3v) is 3.61. The molecule has 118 valence electrons. The molecule has 1 heterocycles.